The van der Waals surface area contributed by atoms with Gasteiger partial charge in [0.25, 0.3) is 0 Å². The number of nitrogens with two attached hydrogens (primary N) is 1. The second kappa shape index (κ2) is 5.42. The van der Waals surface area contributed by atoms with Crippen molar-refractivity contribution in [2.75, 3.05) is 0 Å². The Bertz CT molecular complexity index is 625. The number of hydrogen-bond donors (Lipinski definition) is 1. The minimum absolute atomic E-state index is 0.455. The molecule has 1 unspecified atom stereocenters. The van der Waals surface area contributed by atoms with Gasteiger partial charge in [0.2, 0.25) is 0 Å². The molecule has 0 bridgehead atoms. The summed E-state index contributed by atoms with van der Waals surface area (Å²) in [5, 5.41) is 0.709. The van der Waals surface area contributed by atoms with Gasteiger partial charge in [-0.1, -0.05) is 12.1 Å². The Morgan fingerprint density at radius 2 is 1.95 bits per heavy atom. The summed E-state index contributed by atoms with van der Waals surface area (Å²) in [6.07, 6.45) is -0.135. The number of thiazole rings is 1. The van der Waals surface area contributed by atoms with Gasteiger partial charge in [-0.25, -0.2) is 4.98 Å². The molecule has 1 atom stereocenters. The van der Waals surface area contributed by atoms with Gasteiger partial charge < -0.3 is 5.73 Å². The van der Waals surface area contributed by atoms with Crippen LogP contribution in [0.2, 0.25) is 0 Å². The second-order valence-electron chi connectivity index (χ2n) is 5.23. The molecule has 1 heterocycles. The van der Waals surface area contributed by atoms with Crippen molar-refractivity contribution in [1.82, 2.24) is 4.98 Å². The molecule has 0 amide bonds. The Kier molecular flexibility index (Phi) is 3.75. The number of rotatable bonds is 2. The van der Waals surface area contributed by atoms with Gasteiger partial charge in [-0.15, -0.1) is 11.3 Å². The van der Waals surface area contributed by atoms with E-state index in [1.165, 1.54) is 22.3 Å². The molecule has 0 fully saturated rings. The van der Waals surface area contributed by atoms with Crippen LogP contribution in [0.3, 0.4) is 0 Å². The fraction of sp³-hybridized carbons (Fsp3) is 0.400. The fourth-order valence-corrected chi connectivity index (χ4v) is 3.74. The van der Waals surface area contributed by atoms with E-state index in [1.54, 1.807) is 6.07 Å². The maximum atomic E-state index is 12.8. The normalized spacial score (nSPS) is 16.6. The summed E-state index contributed by atoms with van der Waals surface area (Å²) in [5.74, 6) is 0. The zero-order chi connectivity index (χ0) is 15.0. The van der Waals surface area contributed by atoms with E-state index >= 15 is 0 Å². The van der Waals surface area contributed by atoms with Crippen LogP contribution in [-0.2, 0) is 19.0 Å². The van der Waals surface area contributed by atoms with E-state index in [4.69, 9.17) is 5.73 Å². The molecule has 1 aliphatic carbocycles. The molecule has 6 heteroatoms. The summed E-state index contributed by atoms with van der Waals surface area (Å²) in [5.41, 5.74) is 6.98. The van der Waals surface area contributed by atoms with Crippen LogP contribution in [0.1, 0.15) is 45.6 Å². The summed E-state index contributed by atoms with van der Waals surface area (Å²) in [7, 11) is 0. The number of hydrogen-bond acceptors (Lipinski definition) is 3. The number of aryl methyl sites for hydroxylation is 2. The first kappa shape index (κ1) is 14.5. The van der Waals surface area contributed by atoms with Crippen LogP contribution in [0, 0.1) is 0 Å². The third-order valence-electron chi connectivity index (χ3n) is 3.70. The minimum atomic E-state index is -4.35. The highest BCUT2D eigenvalue weighted by molar-refractivity contribution is 7.11. The van der Waals surface area contributed by atoms with Gasteiger partial charge in [-0.05, 0) is 43.4 Å². The van der Waals surface area contributed by atoms with Crippen LogP contribution in [-0.4, -0.2) is 4.98 Å². The molecule has 112 valence electrons. The molecule has 1 aromatic heterocycles. The first-order valence-corrected chi connectivity index (χ1v) is 7.68. The van der Waals surface area contributed by atoms with E-state index in [2.05, 4.69) is 4.98 Å². The quantitative estimate of drug-likeness (QED) is 0.907. The van der Waals surface area contributed by atoms with Crippen molar-refractivity contribution in [3.05, 3.63) is 51.0 Å². The zero-order valence-electron chi connectivity index (χ0n) is 11.3. The van der Waals surface area contributed by atoms with Crippen molar-refractivity contribution >= 4 is 11.3 Å². The van der Waals surface area contributed by atoms with Crippen LogP contribution in [0.25, 0.3) is 0 Å². The summed E-state index contributed by atoms with van der Waals surface area (Å²) in [6.45, 7) is 0. The van der Waals surface area contributed by atoms with Crippen LogP contribution in [0.4, 0.5) is 13.2 Å². The van der Waals surface area contributed by atoms with Gasteiger partial charge in [0, 0.05) is 4.88 Å². The minimum Gasteiger partial charge on any atom is -0.318 e. The first-order chi connectivity index (χ1) is 9.95. The Hall–Kier alpha value is -1.40. The maximum absolute atomic E-state index is 12.8. The molecule has 21 heavy (non-hydrogen) atoms. The number of nitrogens with zero attached hydrogens (tertiary/aromatic N) is 1. The Labute approximate surface area is 124 Å². The average Bonchev–Trinajstić information content (AvgIpc) is 2.89. The SMILES string of the molecule is NC(c1cccc(C(F)(F)F)c1)c1nc2c(s1)CCCC2. The van der Waals surface area contributed by atoms with Crippen molar-refractivity contribution in [2.45, 2.75) is 37.9 Å². The fourth-order valence-electron chi connectivity index (χ4n) is 2.56. The third kappa shape index (κ3) is 2.96. The number of fused-ring (bicyclic) bond motifs is 1. The van der Waals surface area contributed by atoms with E-state index < -0.39 is 17.8 Å². The summed E-state index contributed by atoms with van der Waals surface area (Å²) >= 11 is 1.53. The molecule has 0 spiro atoms. The molecule has 0 saturated heterocycles. The van der Waals surface area contributed by atoms with Crippen molar-refractivity contribution in [1.29, 1.82) is 0 Å². The number of benzene rings is 1. The number of aromatic nitrogens is 1. The first-order valence-electron chi connectivity index (χ1n) is 6.86. The van der Waals surface area contributed by atoms with E-state index in [9.17, 15) is 13.2 Å². The molecule has 0 aliphatic heterocycles. The summed E-state index contributed by atoms with van der Waals surface area (Å²) < 4.78 is 38.3. The highest BCUT2D eigenvalue weighted by Gasteiger charge is 2.31. The average molecular weight is 312 g/mol. The molecule has 3 rings (SSSR count). The van der Waals surface area contributed by atoms with E-state index in [0.29, 0.717) is 10.6 Å². The van der Waals surface area contributed by atoms with Gasteiger partial charge >= 0.3 is 6.18 Å². The predicted octanol–water partition coefficient (Wildman–Crippen LogP) is 4.09. The maximum Gasteiger partial charge on any atom is 0.416 e. The molecule has 0 radical (unpaired) electrons. The number of alkyl halides is 3. The van der Waals surface area contributed by atoms with Crippen LogP contribution in [0.15, 0.2) is 24.3 Å². The lowest BCUT2D eigenvalue weighted by atomic mass is 10.0. The van der Waals surface area contributed by atoms with E-state index in [-0.39, 0.29) is 0 Å². The van der Waals surface area contributed by atoms with Crippen molar-refractivity contribution < 1.29 is 13.2 Å². The summed E-state index contributed by atoms with van der Waals surface area (Å²) in [6, 6.07) is 4.60. The molecule has 0 saturated carbocycles. The largest absolute Gasteiger partial charge is 0.416 e. The lowest BCUT2D eigenvalue weighted by molar-refractivity contribution is -0.137. The molecular weight excluding hydrogens is 297 g/mol. The van der Waals surface area contributed by atoms with Crippen molar-refractivity contribution in [3.63, 3.8) is 0 Å². The Balaban J connectivity index is 1.91. The Morgan fingerprint density at radius 3 is 2.67 bits per heavy atom. The highest BCUT2D eigenvalue weighted by atomic mass is 32.1. The molecule has 2 aromatic rings. The second-order valence-corrected chi connectivity index (χ2v) is 6.35. The van der Waals surface area contributed by atoms with Gasteiger partial charge in [-0.3, -0.25) is 0 Å². The topological polar surface area (TPSA) is 38.9 Å². The highest BCUT2D eigenvalue weighted by Crippen LogP contribution is 2.34. The molecule has 1 aromatic carbocycles. The van der Waals surface area contributed by atoms with Crippen molar-refractivity contribution in [3.8, 4) is 0 Å². The number of halogens is 3. The van der Waals surface area contributed by atoms with Crippen LogP contribution in [0.5, 0.6) is 0 Å². The molecule has 2 N–H and O–H groups in total. The van der Waals surface area contributed by atoms with Gasteiger partial charge in [0.15, 0.2) is 0 Å². The lowest BCUT2D eigenvalue weighted by Crippen LogP contribution is -2.13. The van der Waals surface area contributed by atoms with Crippen LogP contribution >= 0.6 is 11.3 Å². The van der Waals surface area contributed by atoms with E-state index in [1.807, 2.05) is 0 Å². The van der Waals surface area contributed by atoms with E-state index in [0.717, 1.165) is 43.5 Å². The standard InChI is InChI=1S/C15H15F3N2S/c16-15(17,18)10-5-3-4-9(8-10)13(19)14-20-11-6-1-2-7-12(11)21-14/h3-5,8,13H,1-2,6-7,19H2. The zero-order valence-corrected chi connectivity index (χ0v) is 12.1. The molecule has 1 aliphatic rings. The van der Waals surface area contributed by atoms with Gasteiger partial charge in [-0.2, -0.15) is 13.2 Å². The molecular formula is C15H15F3N2S. The smallest absolute Gasteiger partial charge is 0.318 e. The Morgan fingerprint density at radius 1 is 1.19 bits per heavy atom. The summed E-state index contributed by atoms with van der Waals surface area (Å²) in [4.78, 5) is 5.77. The van der Waals surface area contributed by atoms with Gasteiger partial charge in [0.05, 0.1) is 17.3 Å². The molecule has 2 nitrogen and oxygen atoms in total. The van der Waals surface area contributed by atoms with Crippen LogP contribution < -0.4 is 5.73 Å². The third-order valence-corrected chi connectivity index (χ3v) is 4.94. The van der Waals surface area contributed by atoms with Crippen molar-refractivity contribution in [2.24, 2.45) is 5.73 Å². The monoisotopic (exact) mass is 312 g/mol. The lowest BCUT2D eigenvalue weighted by Gasteiger charge is -2.12. The predicted molar refractivity (Wildman–Crippen MR) is 76.2 cm³/mol. The van der Waals surface area contributed by atoms with Gasteiger partial charge in [0.1, 0.15) is 5.01 Å².